The van der Waals surface area contributed by atoms with Gasteiger partial charge < -0.3 is 0 Å². The second-order valence-electron chi connectivity index (χ2n) is 9.20. The molecule has 160 valence electrons. The van der Waals surface area contributed by atoms with Gasteiger partial charge in [0.05, 0.1) is 10.4 Å². The van der Waals surface area contributed by atoms with Gasteiger partial charge >= 0.3 is 0 Å². The summed E-state index contributed by atoms with van der Waals surface area (Å²) in [5.74, 6) is 0.187. The highest BCUT2D eigenvalue weighted by Gasteiger charge is 2.53. The van der Waals surface area contributed by atoms with Gasteiger partial charge in [-0.15, -0.1) is 0 Å². The maximum absolute atomic E-state index is 14.0. The molecule has 0 aromatic heterocycles. The Morgan fingerprint density at radius 3 is 2.23 bits per heavy atom. The molecule has 1 fully saturated rings. The molecule has 5 rings (SSSR count). The van der Waals surface area contributed by atoms with Crippen molar-refractivity contribution < 1.29 is 8.42 Å². The van der Waals surface area contributed by atoms with Crippen molar-refractivity contribution >= 4 is 10.0 Å². The van der Waals surface area contributed by atoms with E-state index < -0.39 is 15.6 Å². The molecular weight excluding hydrogens is 402 g/mol. The van der Waals surface area contributed by atoms with Gasteiger partial charge in [-0.1, -0.05) is 71.8 Å². The molecular formula is C27H29NO2S. The van der Waals surface area contributed by atoms with Crippen LogP contribution in [-0.2, 0) is 22.0 Å². The topological polar surface area (TPSA) is 37.4 Å². The zero-order chi connectivity index (χ0) is 21.6. The van der Waals surface area contributed by atoms with Crippen molar-refractivity contribution in [3.8, 4) is 0 Å². The summed E-state index contributed by atoms with van der Waals surface area (Å²) in [6.07, 6.45) is 3.73. The minimum Gasteiger partial charge on any atom is -0.207 e. The molecule has 0 amide bonds. The van der Waals surface area contributed by atoms with Crippen LogP contribution in [0.3, 0.4) is 0 Å². The van der Waals surface area contributed by atoms with Crippen molar-refractivity contribution in [1.29, 1.82) is 0 Å². The molecule has 3 aromatic carbocycles. The normalized spacial score (nSPS) is 23.7. The van der Waals surface area contributed by atoms with Crippen LogP contribution in [0.1, 0.15) is 53.0 Å². The molecule has 3 aromatic rings. The van der Waals surface area contributed by atoms with E-state index in [0.29, 0.717) is 11.4 Å². The maximum atomic E-state index is 14.0. The van der Waals surface area contributed by atoms with Crippen LogP contribution in [0, 0.1) is 13.8 Å². The first-order valence-corrected chi connectivity index (χ1v) is 12.6. The third kappa shape index (κ3) is 3.42. The van der Waals surface area contributed by atoms with Crippen LogP contribution in [0.2, 0.25) is 0 Å². The molecule has 1 heterocycles. The van der Waals surface area contributed by atoms with Crippen LogP contribution in [-0.4, -0.2) is 19.3 Å². The molecule has 1 spiro atoms. The molecule has 0 saturated carbocycles. The molecule has 2 atom stereocenters. The second kappa shape index (κ2) is 7.61. The second-order valence-corrected chi connectivity index (χ2v) is 11.1. The summed E-state index contributed by atoms with van der Waals surface area (Å²) in [7, 11) is -3.62. The first-order chi connectivity index (χ1) is 14.9. The molecule has 3 nitrogen and oxygen atoms in total. The zero-order valence-corrected chi connectivity index (χ0v) is 19.0. The van der Waals surface area contributed by atoms with Gasteiger partial charge in [0.2, 0.25) is 10.0 Å². The van der Waals surface area contributed by atoms with Gasteiger partial charge in [0.25, 0.3) is 0 Å². The van der Waals surface area contributed by atoms with Crippen LogP contribution in [0.25, 0.3) is 0 Å². The Balaban J connectivity index is 1.65. The third-order valence-corrected chi connectivity index (χ3v) is 9.11. The molecule has 2 aliphatic rings. The Morgan fingerprint density at radius 2 is 1.52 bits per heavy atom. The summed E-state index contributed by atoms with van der Waals surface area (Å²) in [6.45, 7) is 4.59. The Morgan fingerprint density at radius 1 is 0.871 bits per heavy atom. The number of hydrogen-bond acceptors (Lipinski definition) is 2. The highest BCUT2D eigenvalue weighted by molar-refractivity contribution is 7.89. The van der Waals surface area contributed by atoms with Crippen molar-refractivity contribution in [3.63, 3.8) is 0 Å². The van der Waals surface area contributed by atoms with Crippen molar-refractivity contribution in [2.24, 2.45) is 0 Å². The van der Waals surface area contributed by atoms with Gasteiger partial charge in [0.1, 0.15) is 0 Å². The fourth-order valence-electron chi connectivity index (χ4n) is 5.55. The minimum absolute atomic E-state index is 0.187. The first kappa shape index (κ1) is 20.5. The number of nitrogens with zero attached hydrogens (tertiary/aromatic N) is 1. The van der Waals surface area contributed by atoms with Gasteiger partial charge in [0, 0.05) is 6.54 Å². The average Bonchev–Trinajstić information content (AvgIpc) is 3.16. The van der Waals surface area contributed by atoms with E-state index in [2.05, 4.69) is 55.5 Å². The number of rotatable bonds is 3. The van der Waals surface area contributed by atoms with E-state index in [1.165, 1.54) is 22.3 Å². The summed E-state index contributed by atoms with van der Waals surface area (Å²) in [5.41, 5.74) is 5.54. The van der Waals surface area contributed by atoms with Gasteiger partial charge in [-0.2, -0.15) is 4.31 Å². The van der Waals surface area contributed by atoms with E-state index in [1.54, 1.807) is 12.1 Å². The lowest BCUT2D eigenvalue weighted by atomic mass is 9.74. The Bertz CT molecular complexity index is 1200. The lowest BCUT2D eigenvalue weighted by Gasteiger charge is -2.42. The number of aryl methyl sites for hydroxylation is 3. The van der Waals surface area contributed by atoms with Crippen molar-refractivity contribution in [2.75, 3.05) is 6.54 Å². The van der Waals surface area contributed by atoms with Crippen molar-refractivity contribution in [1.82, 2.24) is 4.31 Å². The quantitative estimate of drug-likeness (QED) is 0.532. The van der Waals surface area contributed by atoms with Gasteiger partial charge in [-0.05, 0) is 74.3 Å². The Hall–Kier alpha value is -2.43. The van der Waals surface area contributed by atoms with Gasteiger partial charge in [0.15, 0.2) is 0 Å². The van der Waals surface area contributed by atoms with Crippen molar-refractivity contribution in [3.05, 3.63) is 101 Å². The standard InChI is InChI=1S/C27H29NO2S/c1-20-9-13-22(14-10-20)24-18-27(17-5-7-23-6-3-4-8-26(23)27)28(19-24)31(29,30)25-15-11-21(2)12-16-25/h3-4,6,8-16,24H,5,7,17-19H2,1-2H3. The lowest BCUT2D eigenvalue weighted by Crippen LogP contribution is -2.46. The smallest absolute Gasteiger partial charge is 0.207 e. The van der Waals surface area contributed by atoms with Crippen LogP contribution in [0.15, 0.2) is 77.7 Å². The summed E-state index contributed by atoms with van der Waals surface area (Å²) in [4.78, 5) is 0.394. The molecule has 4 heteroatoms. The Labute approximate surface area is 185 Å². The predicted molar refractivity (Wildman–Crippen MR) is 125 cm³/mol. The summed E-state index contributed by atoms with van der Waals surface area (Å²) in [5, 5.41) is 0. The Kier molecular flexibility index (Phi) is 5.03. The predicted octanol–water partition coefficient (Wildman–Crippen LogP) is 5.71. The summed E-state index contributed by atoms with van der Waals surface area (Å²) >= 11 is 0. The van der Waals surface area contributed by atoms with Gasteiger partial charge in [-0.25, -0.2) is 8.42 Å². The number of benzene rings is 3. The number of fused-ring (bicyclic) bond motifs is 2. The maximum Gasteiger partial charge on any atom is 0.243 e. The monoisotopic (exact) mass is 431 g/mol. The van der Waals surface area contributed by atoms with E-state index in [1.807, 2.05) is 23.4 Å². The van der Waals surface area contributed by atoms with E-state index in [0.717, 1.165) is 31.2 Å². The van der Waals surface area contributed by atoms with E-state index in [-0.39, 0.29) is 5.92 Å². The SMILES string of the molecule is Cc1ccc(C2CN(S(=O)(=O)c3ccc(C)cc3)C3(CCCc4ccccc43)C2)cc1. The van der Waals surface area contributed by atoms with Crippen LogP contribution in [0.5, 0.6) is 0 Å². The molecule has 1 saturated heterocycles. The van der Waals surface area contributed by atoms with Crippen LogP contribution in [0.4, 0.5) is 0 Å². The average molecular weight is 432 g/mol. The number of hydrogen-bond donors (Lipinski definition) is 0. The van der Waals surface area contributed by atoms with Gasteiger partial charge in [-0.3, -0.25) is 0 Å². The lowest BCUT2D eigenvalue weighted by molar-refractivity contribution is 0.208. The van der Waals surface area contributed by atoms with E-state index >= 15 is 0 Å². The molecule has 0 N–H and O–H groups in total. The van der Waals surface area contributed by atoms with Crippen LogP contribution >= 0.6 is 0 Å². The largest absolute Gasteiger partial charge is 0.243 e. The summed E-state index contributed by atoms with van der Waals surface area (Å²) < 4.78 is 29.8. The number of sulfonamides is 1. The molecule has 1 aliphatic carbocycles. The minimum atomic E-state index is -3.62. The first-order valence-electron chi connectivity index (χ1n) is 11.1. The molecule has 31 heavy (non-hydrogen) atoms. The van der Waals surface area contributed by atoms with E-state index in [4.69, 9.17) is 0 Å². The highest BCUT2D eigenvalue weighted by Crippen LogP contribution is 2.53. The van der Waals surface area contributed by atoms with Crippen LogP contribution < -0.4 is 0 Å². The zero-order valence-electron chi connectivity index (χ0n) is 18.2. The molecule has 1 aliphatic heterocycles. The van der Waals surface area contributed by atoms with Crippen molar-refractivity contribution in [2.45, 2.75) is 55.9 Å². The molecule has 2 unspecified atom stereocenters. The fraction of sp³-hybridized carbons (Fsp3) is 0.333. The highest BCUT2D eigenvalue weighted by atomic mass is 32.2. The molecule has 0 radical (unpaired) electrons. The third-order valence-electron chi connectivity index (χ3n) is 7.16. The molecule has 0 bridgehead atoms. The summed E-state index contributed by atoms with van der Waals surface area (Å²) in [6, 6.07) is 24.4. The van der Waals surface area contributed by atoms with E-state index in [9.17, 15) is 8.42 Å². The fourth-order valence-corrected chi connectivity index (χ4v) is 7.38.